The van der Waals surface area contributed by atoms with Gasteiger partial charge in [0.25, 0.3) is 0 Å². The van der Waals surface area contributed by atoms with E-state index in [0.717, 1.165) is 17.2 Å². The molecule has 0 bridgehead atoms. The van der Waals surface area contributed by atoms with E-state index in [4.69, 9.17) is 0 Å². The van der Waals surface area contributed by atoms with Gasteiger partial charge in [0.15, 0.2) is 9.84 Å². The molecule has 0 fully saturated rings. The zero-order valence-corrected chi connectivity index (χ0v) is 11.3. The molecule has 6 nitrogen and oxygen atoms in total. The molecule has 0 aliphatic heterocycles. The first kappa shape index (κ1) is 14.0. The van der Waals surface area contributed by atoms with Crippen molar-refractivity contribution in [2.45, 2.75) is 11.4 Å². The number of hydrogen-bond donors (Lipinski definition) is 2. The van der Waals surface area contributed by atoms with Crippen LogP contribution in [0.4, 0.5) is 0 Å². The highest BCUT2D eigenvalue weighted by atomic mass is 32.2. The summed E-state index contributed by atoms with van der Waals surface area (Å²) in [6.07, 6.45) is 2.57. The lowest BCUT2D eigenvalue weighted by atomic mass is 10.4. The number of nitrogens with zero attached hydrogens (tertiary/aromatic N) is 1. The lowest BCUT2D eigenvalue weighted by molar-refractivity contribution is -0.116. The van der Waals surface area contributed by atoms with Gasteiger partial charge in [-0.1, -0.05) is 18.2 Å². The van der Waals surface area contributed by atoms with Crippen molar-refractivity contribution in [3.05, 3.63) is 59.8 Å². The molecule has 0 saturated carbocycles. The Kier molecular flexibility index (Phi) is 4.31. The zero-order valence-electron chi connectivity index (χ0n) is 10.5. The van der Waals surface area contributed by atoms with Gasteiger partial charge < -0.3 is 5.32 Å². The Labute approximate surface area is 116 Å². The van der Waals surface area contributed by atoms with Crippen molar-refractivity contribution in [2.75, 3.05) is 0 Å². The number of aromatic amines is 1. The van der Waals surface area contributed by atoms with E-state index in [0.29, 0.717) is 0 Å². The van der Waals surface area contributed by atoms with Crippen LogP contribution in [-0.4, -0.2) is 24.5 Å². The first-order chi connectivity index (χ1) is 9.58. The maximum Gasteiger partial charge on any atom is 0.245 e. The summed E-state index contributed by atoms with van der Waals surface area (Å²) in [7, 11) is -3.59. The van der Waals surface area contributed by atoms with Crippen LogP contribution in [0.2, 0.25) is 0 Å². The number of benzene rings is 1. The smallest absolute Gasteiger partial charge is 0.245 e. The number of hydrogen-bond acceptors (Lipinski definition) is 4. The average Bonchev–Trinajstić information content (AvgIpc) is 2.97. The van der Waals surface area contributed by atoms with Crippen molar-refractivity contribution in [3.63, 3.8) is 0 Å². The Morgan fingerprint density at radius 2 is 2.00 bits per heavy atom. The standard InChI is InChI=1S/C13H13N3O3S/c17-13(14-10-11-6-8-15-16-11)7-9-20(18,19)12-4-2-1-3-5-12/h1-9H,10H2,(H,14,17)(H,15,16). The molecule has 0 spiro atoms. The fraction of sp³-hybridized carbons (Fsp3) is 0.0769. The van der Waals surface area contributed by atoms with E-state index in [1.54, 1.807) is 30.5 Å². The summed E-state index contributed by atoms with van der Waals surface area (Å²) in [4.78, 5) is 11.7. The molecule has 1 amide bonds. The van der Waals surface area contributed by atoms with Gasteiger partial charge in [0.1, 0.15) is 0 Å². The minimum absolute atomic E-state index is 0.151. The van der Waals surface area contributed by atoms with E-state index < -0.39 is 15.7 Å². The third-order valence-electron chi connectivity index (χ3n) is 2.48. The van der Waals surface area contributed by atoms with Crippen molar-refractivity contribution in [2.24, 2.45) is 0 Å². The summed E-state index contributed by atoms with van der Waals surface area (Å²) in [6.45, 7) is 0.258. The van der Waals surface area contributed by atoms with Gasteiger partial charge in [0.05, 0.1) is 17.1 Å². The van der Waals surface area contributed by atoms with Gasteiger partial charge in [-0.2, -0.15) is 5.10 Å². The Hall–Kier alpha value is -2.41. The van der Waals surface area contributed by atoms with Gasteiger partial charge in [-0.05, 0) is 18.2 Å². The van der Waals surface area contributed by atoms with E-state index in [1.807, 2.05) is 0 Å². The fourth-order valence-corrected chi connectivity index (χ4v) is 2.46. The SMILES string of the molecule is O=C(C=CS(=O)(=O)c1ccccc1)NCc1ccn[nH]1. The van der Waals surface area contributed by atoms with E-state index >= 15 is 0 Å². The van der Waals surface area contributed by atoms with Crippen LogP contribution in [0.3, 0.4) is 0 Å². The third kappa shape index (κ3) is 3.79. The van der Waals surface area contributed by atoms with Crippen LogP contribution in [0.1, 0.15) is 5.69 Å². The van der Waals surface area contributed by atoms with Gasteiger partial charge >= 0.3 is 0 Å². The molecule has 0 saturated heterocycles. The van der Waals surface area contributed by atoms with E-state index in [-0.39, 0.29) is 11.4 Å². The second kappa shape index (κ2) is 6.16. The summed E-state index contributed by atoms with van der Waals surface area (Å²) in [6, 6.07) is 9.63. The molecule has 0 atom stereocenters. The van der Waals surface area contributed by atoms with Crippen LogP contribution in [-0.2, 0) is 21.2 Å². The normalized spacial score (nSPS) is 11.6. The molecule has 2 rings (SSSR count). The summed E-state index contributed by atoms with van der Waals surface area (Å²) < 4.78 is 23.8. The second-order valence-electron chi connectivity index (χ2n) is 3.96. The number of carbonyl (C=O) groups is 1. The van der Waals surface area contributed by atoms with Crippen LogP contribution in [0.15, 0.2) is 59.0 Å². The van der Waals surface area contributed by atoms with Gasteiger partial charge in [-0.25, -0.2) is 8.42 Å². The van der Waals surface area contributed by atoms with Crippen molar-refractivity contribution >= 4 is 15.7 Å². The van der Waals surface area contributed by atoms with Crippen molar-refractivity contribution < 1.29 is 13.2 Å². The molecule has 0 unspecified atom stereocenters. The number of carbonyl (C=O) groups excluding carboxylic acids is 1. The zero-order chi connectivity index (χ0) is 14.4. The topological polar surface area (TPSA) is 91.9 Å². The van der Waals surface area contributed by atoms with Gasteiger partial charge in [0, 0.05) is 17.7 Å². The monoisotopic (exact) mass is 291 g/mol. The van der Waals surface area contributed by atoms with Crippen LogP contribution in [0, 0.1) is 0 Å². The minimum atomic E-state index is -3.59. The van der Waals surface area contributed by atoms with Crippen LogP contribution >= 0.6 is 0 Å². The number of nitrogens with one attached hydrogen (secondary N) is 2. The predicted molar refractivity (Wildman–Crippen MR) is 73.2 cm³/mol. The summed E-state index contributed by atoms with van der Waals surface area (Å²) in [5.41, 5.74) is 0.734. The maximum atomic E-state index is 11.9. The van der Waals surface area contributed by atoms with Crippen molar-refractivity contribution in [1.82, 2.24) is 15.5 Å². The Morgan fingerprint density at radius 3 is 2.65 bits per heavy atom. The highest BCUT2D eigenvalue weighted by Gasteiger charge is 2.09. The number of rotatable bonds is 5. The molecular weight excluding hydrogens is 278 g/mol. The number of aromatic nitrogens is 2. The van der Waals surface area contributed by atoms with Gasteiger partial charge in [-0.15, -0.1) is 0 Å². The molecule has 20 heavy (non-hydrogen) atoms. The predicted octanol–water partition coefficient (Wildman–Crippen LogP) is 1.01. The third-order valence-corrected chi connectivity index (χ3v) is 3.91. The molecule has 104 valence electrons. The van der Waals surface area contributed by atoms with Gasteiger partial charge in [-0.3, -0.25) is 9.89 Å². The Morgan fingerprint density at radius 1 is 1.25 bits per heavy atom. The molecule has 2 aromatic rings. The molecule has 2 N–H and O–H groups in total. The summed E-state index contributed by atoms with van der Waals surface area (Å²) in [5.74, 6) is -0.487. The second-order valence-corrected chi connectivity index (χ2v) is 5.79. The number of H-pyrrole nitrogens is 1. The molecular formula is C13H13N3O3S. The van der Waals surface area contributed by atoms with E-state index in [2.05, 4.69) is 15.5 Å². The number of sulfone groups is 1. The highest BCUT2D eigenvalue weighted by Crippen LogP contribution is 2.10. The molecule has 0 aliphatic carbocycles. The van der Waals surface area contributed by atoms with E-state index in [1.165, 1.54) is 12.1 Å². The lowest BCUT2D eigenvalue weighted by Gasteiger charge is -2.00. The highest BCUT2D eigenvalue weighted by molar-refractivity contribution is 7.94. The lowest BCUT2D eigenvalue weighted by Crippen LogP contribution is -2.20. The maximum absolute atomic E-state index is 11.9. The first-order valence-electron chi connectivity index (χ1n) is 5.82. The molecule has 1 aromatic carbocycles. The molecule has 7 heteroatoms. The number of amides is 1. The van der Waals surface area contributed by atoms with Crippen LogP contribution in [0.25, 0.3) is 0 Å². The van der Waals surface area contributed by atoms with Crippen LogP contribution in [0.5, 0.6) is 0 Å². The van der Waals surface area contributed by atoms with E-state index in [9.17, 15) is 13.2 Å². The van der Waals surface area contributed by atoms with Gasteiger partial charge in [0.2, 0.25) is 5.91 Å². The summed E-state index contributed by atoms with van der Waals surface area (Å²) >= 11 is 0. The fourth-order valence-electron chi connectivity index (χ4n) is 1.46. The van der Waals surface area contributed by atoms with Crippen LogP contribution < -0.4 is 5.32 Å². The molecule has 1 heterocycles. The Balaban J connectivity index is 1.96. The van der Waals surface area contributed by atoms with Crippen molar-refractivity contribution in [3.8, 4) is 0 Å². The molecule has 1 aromatic heterocycles. The minimum Gasteiger partial charge on any atom is -0.347 e. The van der Waals surface area contributed by atoms with Crippen molar-refractivity contribution in [1.29, 1.82) is 0 Å². The first-order valence-corrected chi connectivity index (χ1v) is 7.37. The largest absolute Gasteiger partial charge is 0.347 e. The molecule has 0 radical (unpaired) electrons. The average molecular weight is 291 g/mol. The Bertz CT molecular complexity index is 692. The molecule has 0 aliphatic rings. The quantitative estimate of drug-likeness (QED) is 0.804. The summed E-state index contributed by atoms with van der Waals surface area (Å²) in [5, 5.41) is 9.86.